The molecule has 2 unspecified atom stereocenters. The summed E-state index contributed by atoms with van der Waals surface area (Å²) in [6, 6.07) is 10.1. The minimum atomic E-state index is 0.0749. The highest BCUT2D eigenvalue weighted by molar-refractivity contribution is 5.92. The van der Waals surface area contributed by atoms with E-state index < -0.39 is 0 Å². The molecule has 19 heavy (non-hydrogen) atoms. The van der Waals surface area contributed by atoms with Crippen LogP contribution in [0.2, 0.25) is 0 Å². The van der Waals surface area contributed by atoms with Crippen LogP contribution in [0.1, 0.15) is 25.3 Å². The first kappa shape index (κ1) is 13.8. The van der Waals surface area contributed by atoms with Crippen LogP contribution in [0.25, 0.3) is 6.08 Å². The molecule has 102 valence electrons. The molecule has 1 aromatic carbocycles. The molecular weight excluding hydrogens is 236 g/mol. The molecule has 2 N–H and O–H groups in total. The zero-order valence-corrected chi connectivity index (χ0v) is 11.5. The van der Waals surface area contributed by atoms with E-state index in [1.165, 1.54) is 0 Å². The van der Waals surface area contributed by atoms with Crippen LogP contribution < -0.4 is 5.73 Å². The third kappa shape index (κ3) is 3.44. The number of rotatable bonds is 3. The van der Waals surface area contributed by atoms with Gasteiger partial charge in [-0.2, -0.15) is 0 Å². The molecule has 0 radical (unpaired) electrons. The van der Waals surface area contributed by atoms with Crippen molar-refractivity contribution in [2.75, 3.05) is 13.1 Å². The second-order valence-electron chi connectivity index (χ2n) is 5.20. The van der Waals surface area contributed by atoms with Crippen LogP contribution >= 0.6 is 0 Å². The minimum Gasteiger partial charge on any atom is -0.335 e. The van der Waals surface area contributed by atoms with Gasteiger partial charge in [0.15, 0.2) is 0 Å². The lowest BCUT2D eigenvalue weighted by Gasteiger charge is -2.38. The lowest BCUT2D eigenvalue weighted by Crippen LogP contribution is -2.50. The van der Waals surface area contributed by atoms with Crippen molar-refractivity contribution in [3.63, 3.8) is 0 Å². The van der Waals surface area contributed by atoms with Gasteiger partial charge in [0.2, 0.25) is 5.91 Å². The van der Waals surface area contributed by atoms with Crippen LogP contribution in [-0.2, 0) is 4.79 Å². The summed E-state index contributed by atoms with van der Waals surface area (Å²) in [5.74, 6) is 0.568. The smallest absolute Gasteiger partial charge is 0.246 e. The first-order chi connectivity index (χ1) is 9.22. The van der Waals surface area contributed by atoms with E-state index in [9.17, 15) is 4.79 Å². The fraction of sp³-hybridized carbons (Fsp3) is 0.438. The fourth-order valence-electron chi connectivity index (χ4n) is 2.71. The van der Waals surface area contributed by atoms with Gasteiger partial charge in [-0.1, -0.05) is 37.3 Å². The molecule has 0 saturated carbocycles. The second-order valence-corrected chi connectivity index (χ2v) is 5.20. The zero-order valence-electron chi connectivity index (χ0n) is 11.5. The first-order valence-electron chi connectivity index (χ1n) is 6.96. The highest BCUT2D eigenvalue weighted by atomic mass is 16.2. The molecule has 1 aliphatic rings. The van der Waals surface area contributed by atoms with Gasteiger partial charge in [0.05, 0.1) is 0 Å². The van der Waals surface area contributed by atoms with E-state index in [1.54, 1.807) is 6.08 Å². The highest BCUT2D eigenvalue weighted by Crippen LogP contribution is 2.22. The SMILES string of the molecule is CC1CCCN(C(=O)C=Cc2ccccc2)C1CN. The number of amides is 1. The van der Waals surface area contributed by atoms with Gasteiger partial charge in [0, 0.05) is 25.2 Å². The standard InChI is InChI=1S/C16H22N2O/c1-13-6-5-11-18(15(13)12-17)16(19)10-9-14-7-3-2-4-8-14/h2-4,7-10,13,15H,5-6,11-12,17H2,1H3. The van der Waals surface area contributed by atoms with E-state index >= 15 is 0 Å². The largest absolute Gasteiger partial charge is 0.335 e. The summed E-state index contributed by atoms with van der Waals surface area (Å²) < 4.78 is 0. The maximum Gasteiger partial charge on any atom is 0.246 e. The molecule has 3 nitrogen and oxygen atoms in total. The van der Waals surface area contributed by atoms with Crippen molar-refractivity contribution < 1.29 is 4.79 Å². The van der Waals surface area contributed by atoms with Gasteiger partial charge in [0.25, 0.3) is 0 Å². The maximum atomic E-state index is 12.3. The molecule has 1 heterocycles. The molecule has 2 atom stereocenters. The molecule has 3 heteroatoms. The Balaban J connectivity index is 2.04. The number of carbonyl (C=O) groups excluding carboxylic acids is 1. The summed E-state index contributed by atoms with van der Waals surface area (Å²) in [5, 5.41) is 0. The van der Waals surface area contributed by atoms with E-state index in [4.69, 9.17) is 5.73 Å². The van der Waals surface area contributed by atoms with Crippen LogP contribution in [0.3, 0.4) is 0 Å². The van der Waals surface area contributed by atoms with Crippen molar-refractivity contribution in [3.05, 3.63) is 42.0 Å². The van der Waals surface area contributed by atoms with Crippen LogP contribution in [-0.4, -0.2) is 29.9 Å². The average Bonchev–Trinajstić information content (AvgIpc) is 2.45. The van der Waals surface area contributed by atoms with Crippen LogP contribution in [0.5, 0.6) is 0 Å². The van der Waals surface area contributed by atoms with E-state index in [0.717, 1.165) is 24.9 Å². The molecule has 0 aromatic heterocycles. The van der Waals surface area contributed by atoms with Gasteiger partial charge in [-0.3, -0.25) is 4.79 Å². The molecule has 0 aliphatic carbocycles. The number of hydrogen-bond donors (Lipinski definition) is 1. The Kier molecular flexibility index (Phi) is 4.74. The summed E-state index contributed by atoms with van der Waals surface area (Å²) in [5.41, 5.74) is 6.86. The van der Waals surface area contributed by atoms with Crippen molar-refractivity contribution in [2.24, 2.45) is 11.7 Å². The van der Waals surface area contributed by atoms with Crippen LogP contribution in [0, 0.1) is 5.92 Å². The summed E-state index contributed by atoms with van der Waals surface area (Å²) in [6.45, 7) is 3.55. The number of nitrogens with two attached hydrogens (primary N) is 1. The molecule has 1 fully saturated rings. The topological polar surface area (TPSA) is 46.3 Å². The third-order valence-corrected chi connectivity index (χ3v) is 3.86. The fourth-order valence-corrected chi connectivity index (χ4v) is 2.71. The van der Waals surface area contributed by atoms with Crippen molar-refractivity contribution in [1.82, 2.24) is 4.90 Å². The summed E-state index contributed by atoms with van der Waals surface area (Å²) >= 11 is 0. The van der Waals surface area contributed by atoms with Crippen LogP contribution in [0.4, 0.5) is 0 Å². The first-order valence-corrected chi connectivity index (χ1v) is 6.96. The predicted molar refractivity (Wildman–Crippen MR) is 78.4 cm³/mol. The Labute approximate surface area is 115 Å². The molecule has 1 saturated heterocycles. The molecule has 2 rings (SSSR count). The predicted octanol–water partition coefficient (Wildman–Crippen LogP) is 2.29. The van der Waals surface area contributed by atoms with E-state index in [-0.39, 0.29) is 11.9 Å². The van der Waals surface area contributed by atoms with Gasteiger partial charge in [-0.15, -0.1) is 0 Å². The maximum absolute atomic E-state index is 12.3. The lowest BCUT2D eigenvalue weighted by molar-refractivity contribution is -0.130. The van der Waals surface area contributed by atoms with Crippen LogP contribution in [0.15, 0.2) is 36.4 Å². The Morgan fingerprint density at radius 2 is 2.16 bits per heavy atom. The molecular formula is C16H22N2O. The van der Waals surface area contributed by atoms with E-state index in [2.05, 4.69) is 6.92 Å². The van der Waals surface area contributed by atoms with Gasteiger partial charge < -0.3 is 10.6 Å². The zero-order chi connectivity index (χ0) is 13.7. The second kappa shape index (κ2) is 6.53. The number of benzene rings is 1. The van der Waals surface area contributed by atoms with E-state index in [0.29, 0.717) is 12.5 Å². The summed E-state index contributed by atoms with van der Waals surface area (Å²) in [7, 11) is 0. The Bertz CT molecular complexity index is 441. The number of likely N-dealkylation sites (tertiary alicyclic amines) is 1. The van der Waals surface area contributed by atoms with Gasteiger partial charge in [-0.25, -0.2) is 0 Å². The number of carbonyl (C=O) groups is 1. The van der Waals surface area contributed by atoms with Crippen molar-refractivity contribution in [2.45, 2.75) is 25.8 Å². The van der Waals surface area contributed by atoms with Crippen molar-refractivity contribution in [3.8, 4) is 0 Å². The number of piperidine rings is 1. The summed E-state index contributed by atoms with van der Waals surface area (Å²) in [4.78, 5) is 14.2. The average molecular weight is 258 g/mol. The van der Waals surface area contributed by atoms with Gasteiger partial charge in [-0.05, 0) is 30.4 Å². The van der Waals surface area contributed by atoms with E-state index in [1.807, 2.05) is 41.3 Å². The van der Waals surface area contributed by atoms with Crippen molar-refractivity contribution >= 4 is 12.0 Å². The van der Waals surface area contributed by atoms with Crippen molar-refractivity contribution in [1.29, 1.82) is 0 Å². The molecule has 1 amide bonds. The molecule has 1 aliphatic heterocycles. The molecule has 0 bridgehead atoms. The number of nitrogens with zero attached hydrogens (tertiary/aromatic N) is 1. The Morgan fingerprint density at radius 3 is 2.84 bits per heavy atom. The van der Waals surface area contributed by atoms with Gasteiger partial charge >= 0.3 is 0 Å². The normalized spacial score (nSPS) is 23.8. The molecule has 1 aromatic rings. The molecule has 0 spiro atoms. The highest BCUT2D eigenvalue weighted by Gasteiger charge is 2.29. The third-order valence-electron chi connectivity index (χ3n) is 3.86. The number of hydrogen-bond acceptors (Lipinski definition) is 2. The monoisotopic (exact) mass is 258 g/mol. The van der Waals surface area contributed by atoms with Gasteiger partial charge in [0.1, 0.15) is 0 Å². The lowest BCUT2D eigenvalue weighted by atomic mass is 9.90. The quantitative estimate of drug-likeness (QED) is 0.846. The minimum absolute atomic E-state index is 0.0749. The Morgan fingerprint density at radius 1 is 1.42 bits per heavy atom. The summed E-state index contributed by atoms with van der Waals surface area (Å²) in [6.07, 6.45) is 5.77. The Hall–Kier alpha value is -1.61.